The number of amides is 2. The molecule has 0 radical (unpaired) electrons. The minimum atomic E-state index is -3.80. The summed E-state index contributed by atoms with van der Waals surface area (Å²) in [4.78, 5) is 35.9. The standard InChI is InChI=1S/C25H31FN6O5S3/c1-14(27-22(33)19-12-18(6-7-20(19)26)21-15(2)28-17(4)38-21)13-31-8-10-32(11-9-31)40(35,36)23-16(3)29-24(39-23)30-25(34)37-5/h6-7,12,14H,8-11,13H2,1-5H3,(H,27,33)(H,29,30,34)/t14-/m0/s1. The van der Waals surface area contributed by atoms with E-state index in [4.69, 9.17) is 0 Å². The molecule has 0 unspecified atom stereocenters. The Morgan fingerprint density at radius 1 is 1.10 bits per heavy atom. The second-order valence-corrected chi connectivity index (χ2v) is 13.8. The molecule has 4 rings (SSSR count). The summed E-state index contributed by atoms with van der Waals surface area (Å²) in [5, 5.41) is 6.30. The molecule has 40 heavy (non-hydrogen) atoms. The fourth-order valence-electron chi connectivity index (χ4n) is 4.46. The number of benzene rings is 1. The van der Waals surface area contributed by atoms with Gasteiger partial charge in [-0.1, -0.05) is 17.4 Å². The molecular weight excluding hydrogens is 580 g/mol. The Kier molecular flexibility index (Phi) is 9.19. The number of thiazole rings is 2. The molecule has 1 saturated heterocycles. The van der Waals surface area contributed by atoms with E-state index in [9.17, 15) is 22.4 Å². The number of aromatic nitrogens is 2. The summed E-state index contributed by atoms with van der Waals surface area (Å²) in [6.45, 7) is 9.08. The normalized spacial score (nSPS) is 15.6. The number of hydrogen-bond donors (Lipinski definition) is 2. The SMILES string of the molecule is COC(=O)Nc1nc(C)c(S(=O)(=O)N2CCN(C[C@H](C)NC(=O)c3cc(-c4sc(C)nc4C)ccc3F)CC2)s1. The van der Waals surface area contributed by atoms with Crippen molar-refractivity contribution in [2.45, 2.75) is 37.9 Å². The van der Waals surface area contributed by atoms with Crippen LogP contribution in [0.15, 0.2) is 22.4 Å². The first-order valence-electron chi connectivity index (χ1n) is 12.5. The zero-order valence-corrected chi connectivity index (χ0v) is 25.2. The van der Waals surface area contributed by atoms with E-state index >= 15 is 0 Å². The van der Waals surface area contributed by atoms with Crippen LogP contribution in [0.4, 0.5) is 14.3 Å². The van der Waals surface area contributed by atoms with Gasteiger partial charge in [0.1, 0.15) is 5.82 Å². The minimum absolute atomic E-state index is 0.0355. The predicted octanol–water partition coefficient (Wildman–Crippen LogP) is 3.63. The molecular formula is C25H31FN6O5S3. The Morgan fingerprint density at radius 2 is 1.80 bits per heavy atom. The molecule has 15 heteroatoms. The fraction of sp³-hybridized carbons (Fsp3) is 0.440. The highest BCUT2D eigenvalue weighted by Crippen LogP contribution is 2.32. The third-order valence-electron chi connectivity index (χ3n) is 6.34. The second-order valence-electron chi connectivity index (χ2n) is 9.43. The number of sulfonamides is 1. The van der Waals surface area contributed by atoms with Gasteiger partial charge in [0.15, 0.2) is 9.34 Å². The van der Waals surface area contributed by atoms with Gasteiger partial charge in [-0.15, -0.1) is 11.3 Å². The summed E-state index contributed by atoms with van der Waals surface area (Å²) >= 11 is 2.37. The molecule has 1 atom stereocenters. The van der Waals surface area contributed by atoms with Gasteiger partial charge in [0.25, 0.3) is 15.9 Å². The van der Waals surface area contributed by atoms with Crippen LogP contribution in [0.3, 0.4) is 0 Å². The van der Waals surface area contributed by atoms with E-state index in [1.54, 1.807) is 19.1 Å². The molecule has 2 amide bonds. The van der Waals surface area contributed by atoms with Crippen molar-refractivity contribution in [2.24, 2.45) is 0 Å². The van der Waals surface area contributed by atoms with E-state index in [-0.39, 0.29) is 34.0 Å². The Balaban J connectivity index is 1.34. The Morgan fingerprint density at radius 3 is 2.42 bits per heavy atom. The fourth-order valence-corrected chi connectivity index (χ4v) is 8.33. The van der Waals surface area contributed by atoms with Crippen LogP contribution in [-0.4, -0.2) is 85.5 Å². The number of halogens is 1. The zero-order chi connectivity index (χ0) is 29.2. The number of anilines is 1. The number of ether oxygens (including phenoxy) is 1. The first-order chi connectivity index (χ1) is 18.9. The summed E-state index contributed by atoms with van der Waals surface area (Å²) in [5.74, 6) is -1.11. The Hall–Kier alpha value is -2.98. The summed E-state index contributed by atoms with van der Waals surface area (Å²) < 4.78 is 47.0. The summed E-state index contributed by atoms with van der Waals surface area (Å²) in [7, 11) is -2.59. The molecule has 11 nitrogen and oxygen atoms in total. The number of nitrogens with one attached hydrogen (secondary N) is 2. The molecule has 1 fully saturated rings. The van der Waals surface area contributed by atoms with Crippen LogP contribution in [0.5, 0.6) is 0 Å². The van der Waals surface area contributed by atoms with Gasteiger partial charge in [-0.2, -0.15) is 4.31 Å². The molecule has 0 aliphatic carbocycles. The van der Waals surface area contributed by atoms with Crippen molar-refractivity contribution in [1.82, 2.24) is 24.5 Å². The highest BCUT2D eigenvalue weighted by molar-refractivity contribution is 7.91. The highest BCUT2D eigenvalue weighted by Gasteiger charge is 2.32. The first-order valence-corrected chi connectivity index (χ1v) is 15.6. The maximum Gasteiger partial charge on any atom is 0.413 e. The molecule has 0 bridgehead atoms. The van der Waals surface area contributed by atoms with Crippen LogP contribution < -0.4 is 10.6 Å². The van der Waals surface area contributed by atoms with Gasteiger partial charge in [0.2, 0.25) is 0 Å². The lowest BCUT2D eigenvalue weighted by Gasteiger charge is -2.35. The maximum atomic E-state index is 14.6. The van der Waals surface area contributed by atoms with E-state index in [0.717, 1.165) is 32.5 Å². The monoisotopic (exact) mass is 610 g/mol. The number of piperazine rings is 1. The van der Waals surface area contributed by atoms with Crippen molar-refractivity contribution < 1.29 is 27.1 Å². The molecule has 1 aliphatic heterocycles. The molecule has 0 saturated carbocycles. The number of carbonyl (C=O) groups excluding carboxylic acids is 2. The van der Waals surface area contributed by atoms with Gasteiger partial charge in [0.05, 0.1) is 33.9 Å². The largest absolute Gasteiger partial charge is 0.453 e. The van der Waals surface area contributed by atoms with Crippen LogP contribution in [0.25, 0.3) is 10.4 Å². The van der Waals surface area contributed by atoms with Gasteiger partial charge < -0.3 is 10.1 Å². The molecule has 2 aromatic heterocycles. The predicted molar refractivity (Wildman–Crippen MR) is 152 cm³/mol. The first kappa shape index (κ1) is 30.0. The van der Waals surface area contributed by atoms with E-state index < -0.39 is 27.8 Å². The number of nitrogens with zero attached hydrogens (tertiary/aromatic N) is 4. The van der Waals surface area contributed by atoms with Crippen LogP contribution in [0.1, 0.15) is 33.7 Å². The third-order valence-corrected chi connectivity index (χ3v) is 11.0. The summed E-state index contributed by atoms with van der Waals surface area (Å²) in [6, 6.07) is 4.19. The topological polar surface area (TPSA) is 134 Å². The smallest absolute Gasteiger partial charge is 0.413 e. The van der Waals surface area contributed by atoms with E-state index in [2.05, 4.69) is 30.2 Å². The van der Waals surface area contributed by atoms with Crippen LogP contribution in [0.2, 0.25) is 0 Å². The average Bonchev–Trinajstić information content (AvgIpc) is 3.44. The number of hydrogen-bond acceptors (Lipinski definition) is 10. The van der Waals surface area contributed by atoms with Crippen molar-refractivity contribution in [1.29, 1.82) is 0 Å². The van der Waals surface area contributed by atoms with Crippen LogP contribution >= 0.6 is 22.7 Å². The Labute approximate surface area is 240 Å². The summed E-state index contributed by atoms with van der Waals surface area (Å²) in [5.41, 5.74) is 1.83. The Bertz CT molecular complexity index is 1510. The highest BCUT2D eigenvalue weighted by atomic mass is 32.2. The zero-order valence-electron chi connectivity index (χ0n) is 22.8. The van der Waals surface area contributed by atoms with E-state index in [1.807, 2.05) is 20.8 Å². The lowest BCUT2D eigenvalue weighted by molar-refractivity contribution is 0.0918. The molecule has 1 aromatic carbocycles. The number of aryl methyl sites for hydroxylation is 3. The van der Waals surface area contributed by atoms with Crippen molar-refractivity contribution >= 4 is 49.8 Å². The second kappa shape index (κ2) is 12.3. The molecule has 3 heterocycles. The number of carbonyl (C=O) groups is 2. The number of rotatable bonds is 8. The molecule has 3 aromatic rings. The van der Waals surface area contributed by atoms with Crippen LogP contribution in [0, 0.1) is 26.6 Å². The van der Waals surface area contributed by atoms with E-state index in [0.29, 0.717) is 25.3 Å². The molecule has 216 valence electrons. The minimum Gasteiger partial charge on any atom is -0.453 e. The lowest BCUT2D eigenvalue weighted by atomic mass is 10.1. The van der Waals surface area contributed by atoms with Gasteiger partial charge >= 0.3 is 6.09 Å². The van der Waals surface area contributed by atoms with Crippen molar-refractivity contribution in [3.63, 3.8) is 0 Å². The van der Waals surface area contributed by atoms with Crippen molar-refractivity contribution in [3.05, 3.63) is 46.0 Å². The van der Waals surface area contributed by atoms with Crippen LogP contribution in [-0.2, 0) is 14.8 Å². The van der Waals surface area contributed by atoms with Gasteiger partial charge in [-0.25, -0.2) is 27.6 Å². The molecule has 2 N–H and O–H groups in total. The van der Waals surface area contributed by atoms with Gasteiger partial charge in [-0.3, -0.25) is 15.0 Å². The number of methoxy groups -OCH3 is 1. The third kappa shape index (κ3) is 6.66. The lowest BCUT2D eigenvalue weighted by Crippen LogP contribution is -2.52. The van der Waals surface area contributed by atoms with Gasteiger partial charge in [0, 0.05) is 38.8 Å². The maximum absolute atomic E-state index is 14.6. The average molecular weight is 611 g/mol. The van der Waals surface area contributed by atoms with Crippen molar-refractivity contribution in [2.75, 3.05) is 45.2 Å². The van der Waals surface area contributed by atoms with Gasteiger partial charge in [-0.05, 0) is 45.4 Å². The quantitative estimate of drug-likeness (QED) is 0.395. The summed E-state index contributed by atoms with van der Waals surface area (Å²) in [6.07, 6.45) is -0.729. The van der Waals surface area contributed by atoms with Crippen molar-refractivity contribution in [3.8, 4) is 10.4 Å². The molecule has 0 spiro atoms. The van der Waals surface area contributed by atoms with E-state index in [1.165, 1.54) is 28.8 Å². The molecule has 1 aliphatic rings.